The highest BCUT2D eigenvalue weighted by Crippen LogP contribution is 2.15. The molecule has 0 unspecified atom stereocenters. The summed E-state index contributed by atoms with van der Waals surface area (Å²) in [6, 6.07) is 10.7. The quantitative estimate of drug-likeness (QED) is 0.550. The fraction of sp³-hybridized carbons (Fsp3) is 0.364. The molecule has 1 aliphatic rings. The van der Waals surface area contributed by atoms with Crippen molar-refractivity contribution < 1.29 is 22.7 Å². The van der Waals surface area contributed by atoms with E-state index in [0.717, 1.165) is 16.9 Å². The van der Waals surface area contributed by atoms with Gasteiger partial charge in [-0.25, -0.2) is 13.4 Å². The Kier molecular flexibility index (Phi) is 6.73. The summed E-state index contributed by atoms with van der Waals surface area (Å²) in [6.45, 7) is 3.89. The second kappa shape index (κ2) is 9.68. The number of fused-ring (bicyclic) bond motifs is 1. The van der Waals surface area contributed by atoms with Crippen LogP contribution in [-0.2, 0) is 21.4 Å². The van der Waals surface area contributed by atoms with Crippen molar-refractivity contribution in [2.24, 2.45) is 0 Å². The molecule has 1 saturated heterocycles. The number of nitrogens with one attached hydrogen (secondary N) is 1. The minimum atomic E-state index is -3.40. The summed E-state index contributed by atoms with van der Waals surface area (Å²) in [5.41, 5.74) is 3.25. The summed E-state index contributed by atoms with van der Waals surface area (Å²) >= 11 is 0. The number of nitrogens with zero attached hydrogens (tertiary/aromatic N) is 3. The van der Waals surface area contributed by atoms with Gasteiger partial charge in [0, 0.05) is 37.6 Å². The second-order valence-corrected chi connectivity index (χ2v) is 9.69. The lowest BCUT2D eigenvalue weighted by Crippen LogP contribution is -2.43. The van der Waals surface area contributed by atoms with Gasteiger partial charge < -0.3 is 19.2 Å². The molecule has 170 valence electrons. The van der Waals surface area contributed by atoms with Crippen molar-refractivity contribution in [3.63, 3.8) is 0 Å². The molecule has 4 rings (SSSR count). The molecule has 0 saturated carbocycles. The summed E-state index contributed by atoms with van der Waals surface area (Å²) in [4.78, 5) is 16.8. The summed E-state index contributed by atoms with van der Waals surface area (Å²) in [6.07, 6.45) is 3.93. The number of rotatable bonds is 8. The lowest BCUT2D eigenvalue weighted by molar-refractivity contribution is 0.0730. The van der Waals surface area contributed by atoms with Crippen LogP contribution in [-0.4, -0.2) is 66.6 Å². The SMILES string of the molecule is Cc1ccc2nc(COc3ccc(C(=O)NCCS(=O)(=O)N4CCOCC4)cc3)cn2c1. The van der Waals surface area contributed by atoms with E-state index < -0.39 is 10.0 Å². The number of imidazole rings is 1. The normalized spacial score (nSPS) is 15.0. The number of ether oxygens (including phenoxy) is 2. The van der Waals surface area contributed by atoms with Crippen molar-refractivity contribution in [2.45, 2.75) is 13.5 Å². The predicted octanol–water partition coefficient (Wildman–Crippen LogP) is 1.61. The first-order valence-electron chi connectivity index (χ1n) is 10.4. The lowest BCUT2D eigenvalue weighted by Gasteiger charge is -2.26. The van der Waals surface area contributed by atoms with Gasteiger partial charge in [0.25, 0.3) is 5.91 Å². The van der Waals surface area contributed by atoms with Gasteiger partial charge in [-0.15, -0.1) is 0 Å². The van der Waals surface area contributed by atoms with Crippen LogP contribution in [0.3, 0.4) is 0 Å². The molecule has 0 bridgehead atoms. The van der Waals surface area contributed by atoms with Crippen molar-refractivity contribution in [3.8, 4) is 5.75 Å². The molecule has 9 nitrogen and oxygen atoms in total. The van der Waals surface area contributed by atoms with Gasteiger partial charge in [0.1, 0.15) is 18.0 Å². The minimum Gasteiger partial charge on any atom is -0.487 e. The second-order valence-electron chi connectivity index (χ2n) is 7.60. The van der Waals surface area contributed by atoms with Crippen molar-refractivity contribution in [1.29, 1.82) is 0 Å². The Balaban J connectivity index is 1.26. The predicted molar refractivity (Wildman–Crippen MR) is 119 cm³/mol. The molecule has 3 aromatic rings. The number of morpholine rings is 1. The molecular formula is C22H26N4O5S. The molecule has 0 spiro atoms. The van der Waals surface area contributed by atoms with Crippen LogP contribution in [0.5, 0.6) is 5.75 Å². The van der Waals surface area contributed by atoms with E-state index in [1.54, 1.807) is 24.3 Å². The highest BCUT2D eigenvalue weighted by molar-refractivity contribution is 7.89. The minimum absolute atomic E-state index is 0.0458. The summed E-state index contributed by atoms with van der Waals surface area (Å²) in [5, 5.41) is 2.66. The van der Waals surface area contributed by atoms with E-state index in [4.69, 9.17) is 9.47 Å². The van der Waals surface area contributed by atoms with Crippen LogP contribution in [0.1, 0.15) is 21.6 Å². The van der Waals surface area contributed by atoms with Crippen LogP contribution < -0.4 is 10.1 Å². The van der Waals surface area contributed by atoms with Gasteiger partial charge in [-0.2, -0.15) is 4.31 Å². The number of aryl methyl sites for hydroxylation is 1. The Morgan fingerprint density at radius 2 is 1.88 bits per heavy atom. The summed E-state index contributed by atoms with van der Waals surface area (Å²) in [5.74, 6) is 0.146. The average molecular weight is 459 g/mol. The smallest absolute Gasteiger partial charge is 0.251 e. The highest BCUT2D eigenvalue weighted by Gasteiger charge is 2.24. The maximum atomic E-state index is 12.3. The van der Waals surface area contributed by atoms with Crippen LogP contribution in [0.2, 0.25) is 0 Å². The van der Waals surface area contributed by atoms with Gasteiger partial charge >= 0.3 is 0 Å². The van der Waals surface area contributed by atoms with Gasteiger partial charge in [0.05, 0.1) is 24.7 Å². The number of carbonyl (C=O) groups is 1. The molecular weight excluding hydrogens is 432 g/mol. The summed E-state index contributed by atoms with van der Waals surface area (Å²) < 4.78 is 38.9. The van der Waals surface area contributed by atoms with Gasteiger partial charge in [-0.1, -0.05) is 6.07 Å². The zero-order chi connectivity index (χ0) is 22.6. The topological polar surface area (TPSA) is 102 Å². The van der Waals surface area contributed by atoms with Gasteiger partial charge in [0.2, 0.25) is 10.0 Å². The first-order valence-corrected chi connectivity index (χ1v) is 12.0. The molecule has 1 aliphatic heterocycles. The molecule has 0 aliphatic carbocycles. The number of amides is 1. The van der Waals surface area contributed by atoms with E-state index in [9.17, 15) is 13.2 Å². The van der Waals surface area contributed by atoms with Gasteiger partial charge in [0.15, 0.2) is 0 Å². The molecule has 32 heavy (non-hydrogen) atoms. The third-order valence-electron chi connectivity index (χ3n) is 5.16. The monoisotopic (exact) mass is 458 g/mol. The fourth-order valence-corrected chi connectivity index (χ4v) is 4.76. The van der Waals surface area contributed by atoms with Gasteiger partial charge in [-0.3, -0.25) is 4.79 Å². The number of hydrogen-bond acceptors (Lipinski definition) is 6. The number of carbonyl (C=O) groups excluding carboxylic acids is 1. The first kappa shape index (κ1) is 22.3. The zero-order valence-electron chi connectivity index (χ0n) is 17.9. The van der Waals surface area contributed by atoms with Crippen molar-refractivity contribution in [1.82, 2.24) is 19.0 Å². The molecule has 0 atom stereocenters. The largest absolute Gasteiger partial charge is 0.487 e. The van der Waals surface area contributed by atoms with Crippen LogP contribution >= 0.6 is 0 Å². The number of hydrogen-bond donors (Lipinski definition) is 1. The van der Waals surface area contributed by atoms with E-state index in [1.165, 1.54) is 4.31 Å². The van der Waals surface area contributed by atoms with E-state index in [0.29, 0.717) is 44.2 Å². The third-order valence-corrected chi connectivity index (χ3v) is 7.03. The standard InChI is InChI=1S/C22H26N4O5S/c1-17-2-7-21-24-19(15-25(21)14-17)16-31-20-5-3-18(4-6-20)22(27)23-8-13-32(28,29)26-9-11-30-12-10-26/h2-7,14-15H,8-13,16H2,1H3,(H,23,27). The van der Waals surface area contributed by atoms with Crippen LogP contribution in [0.15, 0.2) is 48.8 Å². The van der Waals surface area contributed by atoms with Gasteiger partial charge in [-0.05, 0) is 42.8 Å². The van der Waals surface area contributed by atoms with Crippen LogP contribution in [0.4, 0.5) is 0 Å². The maximum absolute atomic E-state index is 12.3. The molecule has 2 aromatic heterocycles. The molecule has 0 radical (unpaired) electrons. The van der Waals surface area contributed by atoms with Crippen molar-refractivity contribution >= 4 is 21.6 Å². The molecule has 1 aromatic carbocycles. The Labute approximate surface area is 187 Å². The van der Waals surface area contributed by atoms with Crippen LogP contribution in [0, 0.1) is 6.92 Å². The molecule has 10 heteroatoms. The Hall–Kier alpha value is -2.95. The van der Waals surface area contributed by atoms with E-state index in [1.807, 2.05) is 35.9 Å². The number of pyridine rings is 1. The Morgan fingerprint density at radius 3 is 2.62 bits per heavy atom. The van der Waals surface area contributed by atoms with E-state index in [2.05, 4.69) is 10.3 Å². The molecule has 1 fully saturated rings. The lowest BCUT2D eigenvalue weighted by atomic mass is 10.2. The van der Waals surface area contributed by atoms with Crippen LogP contribution in [0.25, 0.3) is 5.65 Å². The number of aromatic nitrogens is 2. The fourth-order valence-electron chi connectivity index (χ4n) is 3.43. The molecule has 3 heterocycles. The number of benzene rings is 1. The first-order chi connectivity index (χ1) is 15.4. The highest BCUT2D eigenvalue weighted by atomic mass is 32.2. The summed E-state index contributed by atoms with van der Waals surface area (Å²) in [7, 11) is -3.40. The van der Waals surface area contributed by atoms with E-state index >= 15 is 0 Å². The third kappa shape index (κ3) is 5.45. The molecule has 1 N–H and O–H groups in total. The Morgan fingerprint density at radius 1 is 1.12 bits per heavy atom. The Bertz CT molecular complexity index is 1180. The molecule has 1 amide bonds. The maximum Gasteiger partial charge on any atom is 0.251 e. The average Bonchev–Trinajstić information content (AvgIpc) is 3.20. The van der Waals surface area contributed by atoms with Crippen molar-refractivity contribution in [2.75, 3.05) is 38.6 Å². The van der Waals surface area contributed by atoms with E-state index in [-0.39, 0.29) is 18.2 Å². The number of sulfonamides is 1. The van der Waals surface area contributed by atoms with Crippen molar-refractivity contribution in [3.05, 3.63) is 65.6 Å². The zero-order valence-corrected chi connectivity index (χ0v) is 18.7.